The second kappa shape index (κ2) is 8.90. The molecule has 2 aromatic heterocycles. The minimum Gasteiger partial charge on any atom is -0.322 e. The number of rotatable bonds is 6. The fourth-order valence-corrected chi connectivity index (χ4v) is 4.22. The third-order valence-electron chi connectivity index (χ3n) is 5.84. The highest BCUT2D eigenvalue weighted by atomic mass is 16.1. The zero-order chi connectivity index (χ0) is 23.8. The summed E-state index contributed by atoms with van der Waals surface area (Å²) in [4.78, 5) is 18.3. The lowest BCUT2D eigenvalue weighted by Crippen LogP contribution is -2.31. The van der Waals surface area contributed by atoms with Crippen molar-refractivity contribution in [1.29, 1.82) is 0 Å². The number of pyridine rings is 1. The Morgan fingerprint density at radius 1 is 0.939 bits per heavy atom. The summed E-state index contributed by atoms with van der Waals surface area (Å²) in [5, 5.41) is 13.5. The van der Waals surface area contributed by atoms with E-state index in [2.05, 4.69) is 90.4 Å². The molecule has 0 fully saturated rings. The topological polar surface area (TPSA) is 79.7 Å². The van der Waals surface area contributed by atoms with Crippen molar-refractivity contribution >= 4 is 10.9 Å². The Bertz CT molecular complexity index is 1330. The van der Waals surface area contributed by atoms with Crippen LogP contribution in [0.3, 0.4) is 0 Å². The quantitative estimate of drug-likeness (QED) is 0.477. The highest BCUT2D eigenvalue weighted by molar-refractivity contribution is 5.83. The summed E-state index contributed by atoms with van der Waals surface area (Å²) in [6, 6.07) is 14.7. The van der Waals surface area contributed by atoms with E-state index in [4.69, 9.17) is 0 Å². The lowest BCUT2D eigenvalue weighted by Gasteiger charge is -2.25. The van der Waals surface area contributed by atoms with Crippen LogP contribution in [0, 0.1) is 20.8 Å². The normalized spacial score (nSPS) is 12.1. The average molecular weight is 445 g/mol. The molecular formula is C26H32N6O. The van der Waals surface area contributed by atoms with Gasteiger partial charge in [-0.05, 0) is 80.8 Å². The molecule has 2 aromatic carbocycles. The first-order chi connectivity index (χ1) is 15.6. The summed E-state index contributed by atoms with van der Waals surface area (Å²) in [6.07, 6.45) is 0. The van der Waals surface area contributed by atoms with E-state index in [9.17, 15) is 4.79 Å². The first-order valence-electron chi connectivity index (χ1n) is 11.3. The number of fused-ring (bicyclic) bond motifs is 1. The van der Waals surface area contributed by atoms with Gasteiger partial charge in [-0.2, -0.15) is 0 Å². The first-order valence-corrected chi connectivity index (χ1v) is 11.3. The lowest BCUT2D eigenvalue weighted by atomic mass is 10.0. The Kier molecular flexibility index (Phi) is 6.17. The summed E-state index contributed by atoms with van der Waals surface area (Å²) in [6.45, 7) is 14.1. The maximum absolute atomic E-state index is 13.0. The number of benzene rings is 2. The van der Waals surface area contributed by atoms with Crippen LogP contribution in [0.1, 0.15) is 54.4 Å². The summed E-state index contributed by atoms with van der Waals surface area (Å²) in [5.41, 5.74) is 6.01. The minimum atomic E-state index is -0.232. The van der Waals surface area contributed by atoms with E-state index in [-0.39, 0.29) is 11.1 Å². The highest BCUT2D eigenvalue weighted by Gasteiger charge is 2.22. The van der Waals surface area contributed by atoms with Gasteiger partial charge < -0.3 is 4.98 Å². The fourth-order valence-electron chi connectivity index (χ4n) is 4.22. The van der Waals surface area contributed by atoms with Crippen molar-refractivity contribution in [3.8, 4) is 0 Å². The van der Waals surface area contributed by atoms with Crippen LogP contribution in [-0.4, -0.2) is 30.1 Å². The van der Waals surface area contributed by atoms with Crippen molar-refractivity contribution in [2.75, 3.05) is 0 Å². The van der Waals surface area contributed by atoms with Gasteiger partial charge in [0.15, 0.2) is 5.82 Å². The van der Waals surface area contributed by atoms with Crippen molar-refractivity contribution in [1.82, 2.24) is 30.1 Å². The van der Waals surface area contributed by atoms with Crippen molar-refractivity contribution in [3.05, 3.63) is 86.5 Å². The monoisotopic (exact) mass is 444 g/mol. The highest BCUT2D eigenvalue weighted by Crippen LogP contribution is 2.21. The molecule has 0 bridgehead atoms. The number of aromatic nitrogens is 5. The van der Waals surface area contributed by atoms with E-state index in [1.165, 1.54) is 11.1 Å². The van der Waals surface area contributed by atoms with Gasteiger partial charge in [0.05, 0.1) is 12.1 Å². The molecule has 0 unspecified atom stereocenters. The molecule has 33 heavy (non-hydrogen) atoms. The summed E-state index contributed by atoms with van der Waals surface area (Å²) < 4.78 is 1.85. The summed E-state index contributed by atoms with van der Waals surface area (Å²) in [5.74, 6) is 0.777. The second-order valence-corrected chi connectivity index (χ2v) is 9.98. The van der Waals surface area contributed by atoms with Crippen LogP contribution in [0.4, 0.5) is 0 Å². The lowest BCUT2D eigenvalue weighted by molar-refractivity contribution is 0.223. The van der Waals surface area contributed by atoms with Crippen molar-refractivity contribution < 1.29 is 0 Å². The molecule has 0 radical (unpaired) electrons. The number of H-pyrrole nitrogens is 1. The number of nitrogens with one attached hydrogen (secondary N) is 1. The standard InChI is InChI=1S/C26H32N6O/c1-17-7-9-20(10-8-17)14-31(16-24-28-29-30-32(24)26(4,5)6)15-21-13-22-19(3)11-18(2)12-23(22)27-25(21)33/h7-13H,14-16H2,1-6H3,(H,27,33). The molecule has 0 saturated carbocycles. The largest absolute Gasteiger partial charge is 0.322 e. The first kappa shape index (κ1) is 22.9. The molecule has 0 atom stereocenters. The van der Waals surface area contributed by atoms with Crippen LogP contribution >= 0.6 is 0 Å². The van der Waals surface area contributed by atoms with Gasteiger partial charge in [-0.1, -0.05) is 35.9 Å². The molecule has 172 valence electrons. The molecule has 7 heteroatoms. The van der Waals surface area contributed by atoms with Gasteiger partial charge in [-0.3, -0.25) is 9.69 Å². The van der Waals surface area contributed by atoms with Gasteiger partial charge in [-0.15, -0.1) is 5.10 Å². The van der Waals surface area contributed by atoms with Crippen LogP contribution in [0.5, 0.6) is 0 Å². The van der Waals surface area contributed by atoms with Crippen LogP contribution < -0.4 is 5.56 Å². The van der Waals surface area contributed by atoms with E-state index >= 15 is 0 Å². The predicted octanol–water partition coefficient (Wildman–Crippen LogP) is 4.40. The Morgan fingerprint density at radius 3 is 2.36 bits per heavy atom. The maximum Gasteiger partial charge on any atom is 0.252 e. The van der Waals surface area contributed by atoms with Crippen LogP contribution in [0.25, 0.3) is 10.9 Å². The number of nitrogens with zero attached hydrogens (tertiary/aromatic N) is 5. The van der Waals surface area contributed by atoms with Gasteiger partial charge in [0.2, 0.25) is 0 Å². The third kappa shape index (κ3) is 5.20. The molecule has 0 aliphatic heterocycles. The number of aromatic amines is 1. The Labute approximate surface area is 194 Å². The third-order valence-corrected chi connectivity index (χ3v) is 5.84. The fraction of sp³-hybridized carbons (Fsp3) is 0.385. The van der Waals surface area contributed by atoms with Gasteiger partial charge in [0.1, 0.15) is 0 Å². The van der Waals surface area contributed by atoms with Crippen LogP contribution in [0.15, 0.2) is 47.3 Å². The van der Waals surface area contributed by atoms with Gasteiger partial charge >= 0.3 is 0 Å². The Balaban J connectivity index is 1.70. The average Bonchev–Trinajstić information content (AvgIpc) is 3.19. The van der Waals surface area contributed by atoms with Gasteiger partial charge in [0.25, 0.3) is 5.56 Å². The van der Waals surface area contributed by atoms with Gasteiger partial charge in [-0.25, -0.2) is 4.68 Å². The molecule has 0 aliphatic carbocycles. The maximum atomic E-state index is 13.0. The van der Waals surface area contributed by atoms with E-state index in [1.54, 1.807) is 0 Å². The Hall–Kier alpha value is -3.32. The molecule has 4 rings (SSSR count). The molecular weight excluding hydrogens is 412 g/mol. The summed E-state index contributed by atoms with van der Waals surface area (Å²) in [7, 11) is 0. The zero-order valence-corrected chi connectivity index (χ0v) is 20.3. The van der Waals surface area contributed by atoms with Gasteiger partial charge in [0, 0.05) is 29.6 Å². The van der Waals surface area contributed by atoms with Crippen molar-refractivity contribution in [2.24, 2.45) is 0 Å². The minimum absolute atomic E-state index is 0.0585. The SMILES string of the molecule is Cc1ccc(CN(Cc2cc3c(C)cc(C)cc3[nH]c2=O)Cc2nnnn2C(C)(C)C)cc1. The molecule has 1 N–H and O–H groups in total. The number of hydrogen-bond acceptors (Lipinski definition) is 5. The summed E-state index contributed by atoms with van der Waals surface area (Å²) >= 11 is 0. The van der Waals surface area contributed by atoms with Crippen LogP contribution in [0.2, 0.25) is 0 Å². The number of aryl methyl sites for hydroxylation is 3. The smallest absolute Gasteiger partial charge is 0.252 e. The molecule has 7 nitrogen and oxygen atoms in total. The molecule has 0 amide bonds. The van der Waals surface area contributed by atoms with Crippen molar-refractivity contribution in [3.63, 3.8) is 0 Å². The van der Waals surface area contributed by atoms with E-state index in [0.717, 1.165) is 33.4 Å². The van der Waals surface area contributed by atoms with Crippen molar-refractivity contribution in [2.45, 2.75) is 66.7 Å². The number of tetrazole rings is 1. The molecule has 2 heterocycles. The molecule has 0 spiro atoms. The van der Waals surface area contributed by atoms with E-state index in [1.807, 2.05) is 23.7 Å². The zero-order valence-electron chi connectivity index (χ0n) is 20.3. The van der Waals surface area contributed by atoms with E-state index < -0.39 is 0 Å². The Morgan fingerprint density at radius 2 is 1.67 bits per heavy atom. The molecule has 4 aromatic rings. The predicted molar refractivity (Wildman–Crippen MR) is 131 cm³/mol. The number of hydrogen-bond donors (Lipinski definition) is 1. The molecule has 0 aliphatic rings. The second-order valence-electron chi connectivity index (χ2n) is 9.98. The molecule has 0 saturated heterocycles. The van der Waals surface area contributed by atoms with Crippen LogP contribution in [-0.2, 0) is 25.2 Å². The van der Waals surface area contributed by atoms with E-state index in [0.29, 0.717) is 19.6 Å².